The van der Waals surface area contributed by atoms with E-state index in [0.29, 0.717) is 0 Å². The van der Waals surface area contributed by atoms with E-state index in [4.69, 9.17) is 5.73 Å². The number of anilines is 1. The summed E-state index contributed by atoms with van der Waals surface area (Å²) in [5.41, 5.74) is 5.81. The van der Waals surface area contributed by atoms with Crippen molar-refractivity contribution in [2.75, 3.05) is 18.0 Å². The predicted octanol–water partition coefficient (Wildman–Crippen LogP) is 2.63. The summed E-state index contributed by atoms with van der Waals surface area (Å²) in [6.07, 6.45) is 5.11. The van der Waals surface area contributed by atoms with Gasteiger partial charge in [0.2, 0.25) is 0 Å². The summed E-state index contributed by atoms with van der Waals surface area (Å²) >= 11 is 1.91. The fourth-order valence-corrected chi connectivity index (χ4v) is 3.28. The van der Waals surface area contributed by atoms with Gasteiger partial charge in [0.15, 0.2) is 0 Å². The number of thiophene rings is 1. The highest BCUT2D eigenvalue weighted by atomic mass is 32.1. The molecule has 1 fully saturated rings. The molecule has 1 aliphatic heterocycles. The number of hydrogen-bond acceptors (Lipinski definition) is 3. The second-order valence-corrected chi connectivity index (χ2v) is 5.62. The van der Waals surface area contributed by atoms with Crippen LogP contribution in [0.2, 0.25) is 0 Å². The Bertz CT molecular complexity index is 300. The molecule has 84 valence electrons. The lowest BCUT2D eigenvalue weighted by molar-refractivity contribution is 0.580. The fraction of sp³-hybridized carbons (Fsp3) is 0.667. The van der Waals surface area contributed by atoms with E-state index in [1.807, 2.05) is 11.3 Å². The minimum Gasteiger partial charge on any atom is -0.363 e. The van der Waals surface area contributed by atoms with E-state index < -0.39 is 0 Å². The van der Waals surface area contributed by atoms with Gasteiger partial charge in [-0.3, -0.25) is 0 Å². The van der Waals surface area contributed by atoms with Gasteiger partial charge < -0.3 is 10.6 Å². The third kappa shape index (κ3) is 2.95. The van der Waals surface area contributed by atoms with Crippen LogP contribution in [-0.2, 0) is 6.42 Å². The molecule has 1 atom stereocenters. The largest absolute Gasteiger partial charge is 0.363 e. The van der Waals surface area contributed by atoms with Crippen molar-refractivity contribution in [2.24, 2.45) is 5.73 Å². The van der Waals surface area contributed by atoms with Gasteiger partial charge in [-0.15, -0.1) is 11.3 Å². The van der Waals surface area contributed by atoms with Crippen LogP contribution in [0.5, 0.6) is 0 Å². The Morgan fingerprint density at radius 2 is 2.07 bits per heavy atom. The number of nitrogens with zero attached hydrogens (tertiary/aromatic N) is 1. The van der Waals surface area contributed by atoms with Gasteiger partial charge in [0.1, 0.15) is 0 Å². The van der Waals surface area contributed by atoms with Gasteiger partial charge in [0, 0.05) is 24.0 Å². The molecule has 1 aromatic rings. The Labute approximate surface area is 96.1 Å². The number of piperidine rings is 1. The molecule has 1 saturated heterocycles. The molecule has 1 unspecified atom stereocenters. The number of nitrogens with two attached hydrogens (primary N) is 1. The minimum absolute atomic E-state index is 0.276. The van der Waals surface area contributed by atoms with Gasteiger partial charge >= 0.3 is 0 Å². The molecule has 0 aliphatic carbocycles. The van der Waals surface area contributed by atoms with Crippen LogP contribution >= 0.6 is 11.3 Å². The molecular formula is C12H20N2S. The van der Waals surface area contributed by atoms with Crippen LogP contribution < -0.4 is 10.6 Å². The van der Waals surface area contributed by atoms with Crippen molar-refractivity contribution in [1.29, 1.82) is 0 Å². The second kappa shape index (κ2) is 4.99. The maximum atomic E-state index is 5.81. The van der Waals surface area contributed by atoms with E-state index in [9.17, 15) is 0 Å². The first-order valence-electron chi connectivity index (χ1n) is 5.85. The molecule has 0 bridgehead atoms. The van der Waals surface area contributed by atoms with Crippen molar-refractivity contribution < 1.29 is 0 Å². The normalized spacial score (nSPS) is 19.2. The lowest BCUT2D eigenvalue weighted by atomic mass is 10.1. The third-order valence-electron chi connectivity index (χ3n) is 2.84. The summed E-state index contributed by atoms with van der Waals surface area (Å²) in [5, 5.41) is 1.44. The molecule has 0 spiro atoms. The summed E-state index contributed by atoms with van der Waals surface area (Å²) in [5.74, 6) is 0. The van der Waals surface area contributed by atoms with Crippen molar-refractivity contribution in [2.45, 2.75) is 38.6 Å². The van der Waals surface area contributed by atoms with Crippen LogP contribution in [0.1, 0.15) is 31.1 Å². The van der Waals surface area contributed by atoms with E-state index in [1.165, 1.54) is 42.2 Å². The van der Waals surface area contributed by atoms with Gasteiger partial charge in [-0.1, -0.05) is 0 Å². The minimum atomic E-state index is 0.276. The molecule has 2 heterocycles. The van der Waals surface area contributed by atoms with Crippen LogP contribution in [-0.4, -0.2) is 19.1 Å². The first-order valence-corrected chi connectivity index (χ1v) is 6.66. The molecule has 0 saturated carbocycles. The predicted molar refractivity (Wildman–Crippen MR) is 67.7 cm³/mol. The summed E-state index contributed by atoms with van der Waals surface area (Å²) in [6.45, 7) is 4.54. The number of hydrogen-bond donors (Lipinski definition) is 1. The van der Waals surface area contributed by atoms with Crippen LogP contribution in [0.4, 0.5) is 5.00 Å². The van der Waals surface area contributed by atoms with Gasteiger partial charge in [0.05, 0.1) is 5.00 Å². The van der Waals surface area contributed by atoms with Gasteiger partial charge in [-0.2, -0.15) is 0 Å². The third-order valence-corrected chi connectivity index (χ3v) is 4.01. The first-order chi connectivity index (χ1) is 7.25. The SMILES string of the molecule is CC(N)Cc1ccc(N2CCCCC2)s1. The summed E-state index contributed by atoms with van der Waals surface area (Å²) in [7, 11) is 0. The lowest BCUT2D eigenvalue weighted by Crippen LogP contribution is -2.28. The van der Waals surface area contributed by atoms with E-state index in [1.54, 1.807) is 0 Å². The Hall–Kier alpha value is -0.540. The summed E-state index contributed by atoms with van der Waals surface area (Å²) in [6, 6.07) is 4.77. The molecule has 3 heteroatoms. The molecule has 2 nitrogen and oxygen atoms in total. The van der Waals surface area contributed by atoms with Crippen molar-refractivity contribution in [3.63, 3.8) is 0 Å². The highest BCUT2D eigenvalue weighted by molar-refractivity contribution is 7.16. The molecule has 0 amide bonds. The van der Waals surface area contributed by atoms with Crippen LogP contribution in [0, 0.1) is 0 Å². The average Bonchev–Trinajstić information content (AvgIpc) is 2.67. The Kier molecular flexibility index (Phi) is 3.65. The first kappa shape index (κ1) is 11.0. The highest BCUT2D eigenvalue weighted by Gasteiger charge is 2.13. The monoisotopic (exact) mass is 224 g/mol. The summed E-state index contributed by atoms with van der Waals surface area (Å²) in [4.78, 5) is 3.93. The Balaban J connectivity index is 1.99. The molecule has 0 aromatic carbocycles. The average molecular weight is 224 g/mol. The maximum Gasteiger partial charge on any atom is 0.0911 e. The van der Waals surface area contributed by atoms with Crippen LogP contribution in [0.3, 0.4) is 0 Å². The number of rotatable bonds is 3. The van der Waals surface area contributed by atoms with Crippen LogP contribution in [0.15, 0.2) is 12.1 Å². The van der Waals surface area contributed by atoms with Crippen molar-refractivity contribution in [3.8, 4) is 0 Å². The van der Waals surface area contributed by atoms with Gasteiger partial charge in [0.25, 0.3) is 0 Å². The summed E-state index contributed by atoms with van der Waals surface area (Å²) < 4.78 is 0. The molecule has 2 N–H and O–H groups in total. The molecule has 1 aliphatic rings. The van der Waals surface area contributed by atoms with Crippen LogP contribution in [0.25, 0.3) is 0 Å². The van der Waals surface area contributed by atoms with E-state index in [0.717, 1.165) is 6.42 Å². The van der Waals surface area contributed by atoms with Gasteiger partial charge in [-0.05, 0) is 44.7 Å². The zero-order valence-electron chi connectivity index (χ0n) is 9.41. The fourth-order valence-electron chi connectivity index (χ4n) is 2.08. The van der Waals surface area contributed by atoms with E-state index >= 15 is 0 Å². The lowest BCUT2D eigenvalue weighted by Gasteiger charge is -2.27. The molecule has 0 radical (unpaired) electrons. The van der Waals surface area contributed by atoms with E-state index in [2.05, 4.69) is 24.0 Å². The molecule has 2 rings (SSSR count). The van der Waals surface area contributed by atoms with Crippen molar-refractivity contribution in [3.05, 3.63) is 17.0 Å². The zero-order chi connectivity index (χ0) is 10.7. The standard InChI is InChI=1S/C12H20N2S/c1-10(13)9-11-5-6-12(15-11)14-7-3-2-4-8-14/h5-6,10H,2-4,7-9,13H2,1H3. The Morgan fingerprint density at radius 1 is 1.33 bits per heavy atom. The molecular weight excluding hydrogens is 204 g/mol. The van der Waals surface area contributed by atoms with Crippen molar-refractivity contribution >= 4 is 16.3 Å². The smallest absolute Gasteiger partial charge is 0.0911 e. The van der Waals surface area contributed by atoms with Gasteiger partial charge in [-0.25, -0.2) is 0 Å². The second-order valence-electron chi connectivity index (χ2n) is 4.47. The van der Waals surface area contributed by atoms with Crippen molar-refractivity contribution in [1.82, 2.24) is 0 Å². The molecule has 15 heavy (non-hydrogen) atoms. The molecule has 1 aromatic heterocycles. The highest BCUT2D eigenvalue weighted by Crippen LogP contribution is 2.28. The quantitative estimate of drug-likeness (QED) is 0.855. The maximum absolute atomic E-state index is 5.81. The Morgan fingerprint density at radius 3 is 2.73 bits per heavy atom. The van der Waals surface area contributed by atoms with E-state index in [-0.39, 0.29) is 6.04 Å². The zero-order valence-corrected chi connectivity index (χ0v) is 10.2. The topological polar surface area (TPSA) is 29.3 Å².